The lowest BCUT2D eigenvalue weighted by Gasteiger charge is -2.02. The topological polar surface area (TPSA) is 29.1 Å². The van der Waals surface area contributed by atoms with Gasteiger partial charge in [0.05, 0.1) is 0 Å². The third-order valence-electron chi connectivity index (χ3n) is 1.31. The Balaban J connectivity index is 2.87. The molecule has 1 aromatic rings. The van der Waals surface area contributed by atoms with Crippen molar-refractivity contribution in [1.82, 2.24) is 0 Å². The lowest BCUT2D eigenvalue weighted by atomic mass is 10.3. The van der Waals surface area contributed by atoms with E-state index in [1.165, 1.54) is 0 Å². The molecule has 4 heteroatoms. The van der Waals surface area contributed by atoms with Crippen molar-refractivity contribution in [2.75, 3.05) is 5.32 Å². The molecule has 0 aliphatic rings. The molecule has 0 saturated carbocycles. The summed E-state index contributed by atoms with van der Waals surface area (Å²) >= 11 is 5.53. The monoisotopic (exact) mass is 349 g/mol. The minimum Gasteiger partial charge on any atom is -0.315 e. The lowest BCUT2D eigenvalue weighted by Crippen LogP contribution is -2.07. The van der Waals surface area contributed by atoms with Crippen LogP contribution in [0.3, 0.4) is 0 Å². The van der Waals surface area contributed by atoms with E-state index in [9.17, 15) is 4.79 Å². The van der Waals surface area contributed by atoms with Crippen LogP contribution in [0.15, 0.2) is 22.7 Å². The number of benzene rings is 1. The van der Waals surface area contributed by atoms with E-state index in [-0.39, 0.29) is 0 Å². The van der Waals surface area contributed by atoms with Gasteiger partial charge in [-0.1, -0.05) is 0 Å². The fraction of sp³-hybridized carbons (Fsp3) is 0. The third kappa shape index (κ3) is 3.01. The van der Waals surface area contributed by atoms with E-state index in [2.05, 4.69) is 43.8 Å². The summed E-state index contributed by atoms with van der Waals surface area (Å²) in [7, 11) is 0. The van der Waals surface area contributed by atoms with Crippen LogP contribution < -0.4 is 5.32 Å². The normalized spacial score (nSPS) is 9.00. The summed E-state index contributed by atoms with van der Waals surface area (Å²) in [4.78, 5) is 10.8. The van der Waals surface area contributed by atoms with Crippen LogP contribution in [-0.2, 0) is 4.79 Å². The minimum absolute atomic E-state index is 0.437. The highest BCUT2D eigenvalue weighted by Gasteiger charge is 2.00. The fourth-order valence-electron chi connectivity index (χ4n) is 0.741. The number of terminal acetylenes is 1. The van der Waals surface area contributed by atoms with Gasteiger partial charge in [-0.05, 0) is 62.6 Å². The first-order chi connectivity index (χ1) is 6.13. The van der Waals surface area contributed by atoms with Crippen LogP contribution >= 0.6 is 38.5 Å². The zero-order chi connectivity index (χ0) is 9.84. The van der Waals surface area contributed by atoms with Gasteiger partial charge in [0, 0.05) is 13.7 Å². The first-order valence-electron chi connectivity index (χ1n) is 3.36. The van der Waals surface area contributed by atoms with E-state index in [0.717, 1.165) is 8.04 Å². The van der Waals surface area contributed by atoms with Gasteiger partial charge in [0.25, 0.3) is 5.91 Å². The van der Waals surface area contributed by atoms with Crippen LogP contribution in [0.4, 0.5) is 5.69 Å². The maximum Gasteiger partial charge on any atom is 0.300 e. The van der Waals surface area contributed by atoms with Gasteiger partial charge in [0.15, 0.2) is 0 Å². The average molecular weight is 350 g/mol. The molecule has 66 valence electrons. The summed E-state index contributed by atoms with van der Waals surface area (Å²) in [6.07, 6.45) is 4.91. The number of carbonyl (C=O) groups excluding carboxylic acids is 1. The number of hydrogen-bond donors (Lipinski definition) is 1. The molecule has 0 saturated heterocycles. The van der Waals surface area contributed by atoms with Crippen LogP contribution in [0.25, 0.3) is 0 Å². The Kier molecular flexibility index (Phi) is 3.75. The number of hydrogen-bond acceptors (Lipinski definition) is 1. The molecule has 0 spiro atoms. The van der Waals surface area contributed by atoms with Crippen molar-refractivity contribution in [2.45, 2.75) is 0 Å². The Morgan fingerprint density at radius 3 is 2.85 bits per heavy atom. The van der Waals surface area contributed by atoms with Gasteiger partial charge >= 0.3 is 0 Å². The highest BCUT2D eigenvalue weighted by Crippen LogP contribution is 2.22. The molecule has 1 N–H and O–H groups in total. The lowest BCUT2D eigenvalue weighted by molar-refractivity contribution is -0.111. The van der Waals surface area contributed by atoms with Crippen LogP contribution in [0.2, 0.25) is 0 Å². The summed E-state index contributed by atoms with van der Waals surface area (Å²) in [5.41, 5.74) is 0.690. The van der Waals surface area contributed by atoms with Crippen molar-refractivity contribution >= 4 is 50.1 Å². The number of amides is 1. The molecule has 1 rings (SSSR count). The Morgan fingerprint density at radius 1 is 1.62 bits per heavy atom. The van der Waals surface area contributed by atoms with E-state index in [0.29, 0.717) is 5.69 Å². The molecule has 0 aromatic heterocycles. The molecule has 0 aliphatic heterocycles. The smallest absolute Gasteiger partial charge is 0.300 e. The highest BCUT2D eigenvalue weighted by atomic mass is 127. The predicted molar refractivity (Wildman–Crippen MR) is 64.3 cm³/mol. The first kappa shape index (κ1) is 10.5. The second-order valence-corrected chi connectivity index (χ2v) is 4.24. The third-order valence-corrected chi connectivity index (χ3v) is 3.65. The van der Waals surface area contributed by atoms with Gasteiger partial charge in [-0.2, -0.15) is 0 Å². The summed E-state index contributed by atoms with van der Waals surface area (Å²) in [6, 6.07) is 5.48. The minimum atomic E-state index is -0.437. The van der Waals surface area contributed by atoms with Crippen LogP contribution in [0.5, 0.6) is 0 Å². The SMILES string of the molecule is C#CC(=O)Nc1ccc(I)c(Br)c1. The Hall–Kier alpha value is -0.540. The molecule has 0 unspecified atom stereocenters. The van der Waals surface area contributed by atoms with Crippen molar-refractivity contribution in [3.8, 4) is 12.3 Å². The van der Waals surface area contributed by atoms with Gasteiger partial charge in [0.2, 0.25) is 0 Å². The van der Waals surface area contributed by atoms with E-state index in [4.69, 9.17) is 6.42 Å². The quantitative estimate of drug-likeness (QED) is 0.613. The Bertz CT molecular complexity index is 384. The van der Waals surface area contributed by atoms with Crippen molar-refractivity contribution in [1.29, 1.82) is 0 Å². The number of halogens is 2. The van der Waals surface area contributed by atoms with Gasteiger partial charge in [-0.3, -0.25) is 4.79 Å². The molecule has 13 heavy (non-hydrogen) atoms. The molecule has 0 heterocycles. The Morgan fingerprint density at radius 2 is 2.31 bits per heavy atom. The van der Waals surface area contributed by atoms with Gasteiger partial charge < -0.3 is 5.32 Å². The number of carbonyl (C=O) groups is 1. The van der Waals surface area contributed by atoms with E-state index < -0.39 is 5.91 Å². The van der Waals surface area contributed by atoms with Gasteiger partial charge in [0.1, 0.15) is 0 Å². The summed E-state index contributed by atoms with van der Waals surface area (Å²) < 4.78 is 2.01. The van der Waals surface area contributed by atoms with E-state index >= 15 is 0 Å². The second-order valence-electron chi connectivity index (χ2n) is 2.23. The molecular formula is C9H5BrINO. The molecule has 0 fully saturated rings. The maximum atomic E-state index is 10.8. The number of anilines is 1. The second kappa shape index (κ2) is 4.63. The zero-order valence-electron chi connectivity index (χ0n) is 6.47. The predicted octanol–water partition coefficient (Wildman–Crippen LogP) is 2.63. The van der Waals surface area contributed by atoms with Crippen molar-refractivity contribution in [2.24, 2.45) is 0 Å². The molecular weight excluding hydrogens is 345 g/mol. The molecule has 2 nitrogen and oxygen atoms in total. The molecule has 0 aliphatic carbocycles. The standard InChI is InChI=1S/C9H5BrINO/c1-2-9(13)12-6-3-4-8(11)7(10)5-6/h1,3-5H,(H,12,13). The average Bonchev–Trinajstić information content (AvgIpc) is 2.11. The molecule has 0 atom stereocenters. The summed E-state index contributed by atoms with van der Waals surface area (Å²) in [6.45, 7) is 0. The van der Waals surface area contributed by atoms with Gasteiger partial charge in [-0.25, -0.2) is 0 Å². The largest absolute Gasteiger partial charge is 0.315 e. The number of nitrogens with one attached hydrogen (secondary N) is 1. The molecule has 0 radical (unpaired) electrons. The first-order valence-corrected chi connectivity index (χ1v) is 5.23. The fourth-order valence-corrected chi connectivity index (χ4v) is 1.46. The zero-order valence-corrected chi connectivity index (χ0v) is 10.2. The van der Waals surface area contributed by atoms with E-state index in [1.54, 1.807) is 12.1 Å². The summed E-state index contributed by atoms with van der Waals surface area (Å²) in [5.74, 6) is 1.54. The van der Waals surface area contributed by atoms with Crippen LogP contribution in [0, 0.1) is 15.9 Å². The van der Waals surface area contributed by atoms with E-state index in [1.807, 2.05) is 12.0 Å². The Labute approximate surface area is 98.4 Å². The molecule has 1 aromatic carbocycles. The molecule has 1 amide bonds. The number of rotatable bonds is 1. The van der Waals surface area contributed by atoms with Crippen LogP contribution in [0.1, 0.15) is 0 Å². The van der Waals surface area contributed by atoms with Crippen molar-refractivity contribution < 1.29 is 4.79 Å². The van der Waals surface area contributed by atoms with Crippen molar-refractivity contribution in [3.05, 3.63) is 26.2 Å². The van der Waals surface area contributed by atoms with Crippen molar-refractivity contribution in [3.63, 3.8) is 0 Å². The maximum absolute atomic E-state index is 10.8. The van der Waals surface area contributed by atoms with Crippen LogP contribution in [-0.4, -0.2) is 5.91 Å². The molecule has 0 bridgehead atoms. The van der Waals surface area contributed by atoms with Gasteiger partial charge in [-0.15, -0.1) is 6.42 Å². The highest BCUT2D eigenvalue weighted by molar-refractivity contribution is 14.1. The summed E-state index contributed by atoms with van der Waals surface area (Å²) in [5, 5.41) is 2.55.